The highest BCUT2D eigenvalue weighted by Crippen LogP contribution is 2.17. The summed E-state index contributed by atoms with van der Waals surface area (Å²) in [6, 6.07) is 10.9. The smallest absolute Gasteiger partial charge is 0.127 e. The van der Waals surface area contributed by atoms with Crippen molar-refractivity contribution in [3.8, 4) is 0 Å². The lowest BCUT2D eigenvalue weighted by atomic mass is 10.1. The highest BCUT2D eigenvalue weighted by Gasteiger charge is 2.13. The average Bonchev–Trinajstić information content (AvgIpc) is 2.82. The molecule has 1 heterocycles. The molecule has 0 fully saturated rings. The maximum atomic E-state index is 13.6. The van der Waals surface area contributed by atoms with E-state index in [2.05, 4.69) is 12.2 Å². The van der Waals surface area contributed by atoms with Crippen LogP contribution in [0.5, 0.6) is 0 Å². The first kappa shape index (κ1) is 12.8. The fourth-order valence-electron chi connectivity index (χ4n) is 2.13. The quantitative estimate of drug-likeness (QED) is 0.871. The van der Waals surface area contributed by atoms with Crippen LogP contribution in [0, 0.1) is 5.82 Å². The number of halogens is 1. The predicted molar refractivity (Wildman–Crippen MR) is 69.8 cm³/mol. The van der Waals surface area contributed by atoms with Crippen molar-refractivity contribution in [2.75, 3.05) is 0 Å². The Bertz CT molecular complexity index is 481. The molecule has 3 heteroatoms. The number of furan rings is 1. The summed E-state index contributed by atoms with van der Waals surface area (Å²) >= 11 is 0. The van der Waals surface area contributed by atoms with E-state index >= 15 is 0 Å². The molecule has 2 aromatic rings. The molecule has 2 rings (SSSR count). The van der Waals surface area contributed by atoms with Crippen molar-refractivity contribution in [1.82, 2.24) is 5.32 Å². The minimum atomic E-state index is -0.164. The van der Waals surface area contributed by atoms with Crippen LogP contribution in [0.1, 0.15) is 31.2 Å². The van der Waals surface area contributed by atoms with Gasteiger partial charge in [0.1, 0.15) is 11.6 Å². The maximum absolute atomic E-state index is 13.6. The molecule has 18 heavy (non-hydrogen) atoms. The Kier molecular flexibility index (Phi) is 4.15. The lowest BCUT2D eigenvalue weighted by Gasteiger charge is -2.20. The predicted octanol–water partition coefficient (Wildman–Crippen LogP) is 3.70. The number of rotatable bonds is 5. The maximum Gasteiger partial charge on any atom is 0.127 e. The SMILES string of the molecule is CC(Cc1ccco1)N[C@H](C)c1ccccc1F. The van der Waals surface area contributed by atoms with Crippen LogP contribution < -0.4 is 5.32 Å². The van der Waals surface area contributed by atoms with Crippen LogP contribution in [0.4, 0.5) is 4.39 Å². The summed E-state index contributed by atoms with van der Waals surface area (Å²) in [4.78, 5) is 0. The second-order valence-electron chi connectivity index (χ2n) is 4.59. The summed E-state index contributed by atoms with van der Waals surface area (Å²) in [5, 5.41) is 3.38. The highest BCUT2D eigenvalue weighted by molar-refractivity contribution is 5.20. The van der Waals surface area contributed by atoms with Crippen LogP contribution >= 0.6 is 0 Å². The van der Waals surface area contributed by atoms with Crippen molar-refractivity contribution in [1.29, 1.82) is 0 Å². The van der Waals surface area contributed by atoms with Crippen LogP contribution in [-0.2, 0) is 6.42 Å². The van der Waals surface area contributed by atoms with Crippen LogP contribution in [0.2, 0.25) is 0 Å². The van der Waals surface area contributed by atoms with Gasteiger partial charge in [0.2, 0.25) is 0 Å². The Balaban J connectivity index is 1.95. The van der Waals surface area contributed by atoms with Gasteiger partial charge in [-0.05, 0) is 32.0 Å². The standard InChI is InChI=1S/C15H18FNO/c1-11(10-13-6-5-9-18-13)17-12(2)14-7-3-4-8-15(14)16/h3-9,11-12,17H,10H2,1-2H3/t11?,12-/m1/s1. The second-order valence-corrected chi connectivity index (χ2v) is 4.59. The van der Waals surface area contributed by atoms with Gasteiger partial charge >= 0.3 is 0 Å². The molecule has 0 saturated carbocycles. The van der Waals surface area contributed by atoms with Crippen molar-refractivity contribution in [3.05, 3.63) is 59.8 Å². The monoisotopic (exact) mass is 247 g/mol. The summed E-state index contributed by atoms with van der Waals surface area (Å²) in [6.07, 6.45) is 2.47. The summed E-state index contributed by atoms with van der Waals surface area (Å²) in [7, 11) is 0. The molecule has 2 atom stereocenters. The third-order valence-corrected chi connectivity index (χ3v) is 2.99. The molecule has 96 valence electrons. The molecular weight excluding hydrogens is 229 g/mol. The minimum absolute atomic E-state index is 0.0174. The van der Waals surface area contributed by atoms with Gasteiger partial charge in [-0.15, -0.1) is 0 Å². The Morgan fingerprint density at radius 1 is 1.17 bits per heavy atom. The summed E-state index contributed by atoms with van der Waals surface area (Å²) in [5.74, 6) is 0.776. The van der Waals surface area contributed by atoms with Gasteiger partial charge < -0.3 is 9.73 Å². The van der Waals surface area contributed by atoms with Crippen LogP contribution in [0.15, 0.2) is 47.1 Å². The van der Waals surface area contributed by atoms with Crippen molar-refractivity contribution < 1.29 is 8.81 Å². The third kappa shape index (κ3) is 3.20. The molecule has 0 radical (unpaired) electrons. The van der Waals surface area contributed by atoms with E-state index in [0.717, 1.165) is 12.2 Å². The van der Waals surface area contributed by atoms with E-state index in [1.165, 1.54) is 6.07 Å². The topological polar surface area (TPSA) is 25.2 Å². The largest absolute Gasteiger partial charge is 0.469 e. The molecule has 0 aliphatic carbocycles. The number of hydrogen-bond acceptors (Lipinski definition) is 2. The van der Waals surface area contributed by atoms with Crippen LogP contribution in [0.3, 0.4) is 0 Å². The molecule has 0 spiro atoms. The molecule has 0 amide bonds. The van der Waals surface area contributed by atoms with E-state index in [4.69, 9.17) is 4.42 Å². The molecule has 0 saturated heterocycles. The van der Waals surface area contributed by atoms with Gasteiger partial charge in [-0.3, -0.25) is 0 Å². The van der Waals surface area contributed by atoms with Gasteiger partial charge in [0.25, 0.3) is 0 Å². The van der Waals surface area contributed by atoms with E-state index in [0.29, 0.717) is 5.56 Å². The first-order chi connectivity index (χ1) is 8.66. The molecule has 0 bridgehead atoms. The van der Waals surface area contributed by atoms with Gasteiger partial charge in [-0.2, -0.15) is 0 Å². The van der Waals surface area contributed by atoms with E-state index in [-0.39, 0.29) is 17.9 Å². The number of nitrogens with one attached hydrogen (secondary N) is 1. The van der Waals surface area contributed by atoms with Crippen molar-refractivity contribution in [3.63, 3.8) is 0 Å². The van der Waals surface area contributed by atoms with Gasteiger partial charge in [-0.25, -0.2) is 4.39 Å². The number of hydrogen-bond donors (Lipinski definition) is 1. The zero-order chi connectivity index (χ0) is 13.0. The molecule has 0 aliphatic heterocycles. The lowest BCUT2D eigenvalue weighted by molar-refractivity contribution is 0.422. The van der Waals surface area contributed by atoms with E-state index < -0.39 is 0 Å². The first-order valence-electron chi connectivity index (χ1n) is 6.19. The molecule has 1 aromatic heterocycles. The summed E-state index contributed by atoms with van der Waals surface area (Å²) in [5.41, 5.74) is 0.698. The Labute approximate surface area is 107 Å². The minimum Gasteiger partial charge on any atom is -0.469 e. The second kappa shape index (κ2) is 5.83. The van der Waals surface area contributed by atoms with Crippen LogP contribution in [0.25, 0.3) is 0 Å². The zero-order valence-corrected chi connectivity index (χ0v) is 10.7. The van der Waals surface area contributed by atoms with E-state index in [1.54, 1.807) is 12.3 Å². The molecule has 2 nitrogen and oxygen atoms in total. The fraction of sp³-hybridized carbons (Fsp3) is 0.333. The van der Waals surface area contributed by atoms with Gasteiger partial charge in [0.15, 0.2) is 0 Å². The molecular formula is C15H18FNO. The Morgan fingerprint density at radius 2 is 1.94 bits per heavy atom. The lowest BCUT2D eigenvalue weighted by Crippen LogP contribution is -2.31. The number of benzene rings is 1. The molecule has 1 aromatic carbocycles. The highest BCUT2D eigenvalue weighted by atomic mass is 19.1. The van der Waals surface area contributed by atoms with Crippen molar-refractivity contribution >= 4 is 0 Å². The summed E-state index contributed by atoms with van der Waals surface area (Å²) in [6.45, 7) is 4.04. The zero-order valence-electron chi connectivity index (χ0n) is 10.7. The van der Waals surface area contributed by atoms with E-state index in [1.807, 2.05) is 31.2 Å². The normalized spacial score (nSPS) is 14.4. The first-order valence-corrected chi connectivity index (χ1v) is 6.19. The molecule has 1 N–H and O–H groups in total. The molecule has 0 aliphatic rings. The van der Waals surface area contributed by atoms with E-state index in [9.17, 15) is 4.39 Å². The Morgan fingerprint density at radius 3 is 2.61 bits per heavy atom. The van der Waals surface area contributed by atoms with Crippen molar-refractivity contribution in [2.24, 2.45) is 0 Å². The van der Waals surface area contributed by atoms with Crippen molar-refractivity contribution in [2.45, 2.75) is 32.4 Å². The van der Waals surface area contributed by atoms with Gasteiger partial charge in [0.05, 0.1) is 6.26 Å². The fourth-order valence-corrected chi connectivity index (χ4v) is 2.13. The molecule has 1 unspecified atom stereocenters. The van der Waals surface area contributed by atoms with Gasteiger partial charge in [0, 0.05) is 24.1 Å². The Hall–Kier alpha value is -1.61. The van der Waals surface area contributed by atoms with Crippen LogP contribution in [-0.4, -0.2) is 6.04 Å². The van der Waals surface area contributed by atoms with Gasteiger partial charge in [-0.1, -0.05) is 18.2 Å². The third-order valence-electron chi connectivity index (χ3n) is 2.99. The summed E-state index contributed by atoms with van der Waals surface area (Å²) < 4.78 is 18.9. The average molecular weight is 247 g/mol.